The van der Waals surface area contributed by atoms with Crippen LogP contribution in [0.15, 0.2) is 6.07 Å². The predicted molar refractivity (Wildman–Crippen MR) is 75.7 cm³/mol. The highest BCUT2D eigenvalue weighted by molar-refractivity contribution is 6.32. The Morgan fingerprint density at radius 1 is 1.42 bits per heavy atom. The molecule has 1 aliphatic rings. The Bertz CT molecular complexity index is 448. The van der Waals surface area contributed by atoms with E-state index in [0.29, 0.717) is 17.0 Å². The number of nitrogens with one attached hydrogen (secondary N) is 1. The van der Waals surface area contributed by atoms with E-state index in [1.54, 1.807) is 0 Å². The Kier molecular flexibility index (Phi) is 5.02. The second-order valence-corrected chi connectivity index (χ2v) is 5.23. The van der Waals surface area contributed by atoms with Gasteiger partial charge in [0.25, 0.3) is 0 Å². The third kappa shape index (κ3) is 3.38. The van der Waals surface area contributed by atoms with Crippen LogP contribution in [0.1, 0.15) is 11.1 Å². The number of benzene rings is 1. The van der Waals surface area contributed by atoms with Crippen molar-refractivity contribution in [2.24, 2.45) is 0 Å². The van der Waals surface area contributed by atoms with Crippen molar-refractivity contribution in [3.8, 4) is 5.75 Å². The van der Waals surface area contributed by atoms with Crippen molar-refractivity contribution >= 4 is 11.6 Å². The van der Waals surface area contributed by atoms with Gasteiger partial charge < -0.3 is 15.0 Å². The van der Waals surface area contributed by atoms with Gasteiger partial charge in [0.15, 0.2) is 11.6 Å². The smallest absolute Gasteiger partial charge is 0.173 e. The van der Waals surface area contributed by atoms with Crippen molar-refractivity contribution < 1.29 is 9.13 Å². The minimum Gasteiger partial charge on any atom is -0.492 e. The summed E-state index contributed by atoms with van der Waals surface area (Å²) >= 11 is 6.04. The first-order chi connectivity index (χ1) is 9.13. The molecule has 1 fully saturated rings. The zero-order valence-corrected chi connectivity index (χ0v) is 12.2. The molecule has 5 heteroatoms. The Hall–Kier alpha value is -0.840. The first-order valence-electron chi connectivity index (χ1n) is 6.58. The van der Waals surface area contributed by atoms with Gasteiger partial charge in [0.1, 0.15) is 0 Å². The summed E-state index contributed by atoms with van der Waals surface area (Å²) in [5, 5.41) is 3.67. The van der Waals surface area contributed by atoms with Crippen LogP contribution in [0.5, 0.6) is 5.75 Å². The lowest BCUT2D eigenvalue weighted by Gasteiger charge is -2.27. The van der Waals surface area contributed by atoms with E-state index in [-0.39, 0.29) is 11.6 Å². The lowest BCUT2D eigenvalue weighted by atomic mass is 10.1. The molecule has 19 heavy (non-hydrogen) atoms. The van der Waals surface area contributed by atoms with Crippen LogP contribution in [0.3, 0.4) is 0 Å². The fourth-order valence-electron chi connectivity index (χ4n) is 2.38. The zero-order chi connectivity index (χ0) is 13.8. The standard InChI is InChI=1S/C14H20ClFN2O/c1-10-9-11(13(16)14(19-2)12(10)15)3-6-18-7-4-17-5-8-18/h9,17H,3-8H2,1-2H3. The maximum atomic E-state index is 14.2. The van der Waals surface area contributed by atoms with E-state index in [2.05, 4.69) is 10.2 Å². The topological polar surface area (TPSA) is 24.5 Å². The molecule has 1 aromatic rings. The van der Waals surface area contributed by atoms with Gasteiger partial charge in [-0.3, -0.25) is 0 Å². The van der Waals surface area contributed by atoms with E-state index in [0.717, 1.165) is 38.3 Å². The van der Waals surface area contributed by atoms with Crippen molar-refractivity contribution in [3.05, 3.63) is 28.0 Å². The van der Waals surface area contributed by atoms with E-state index < -0.39 is 0 Å². The van der Waals surface area contributed by atoms with E-state index in [1.807, 2.05) is 13.0 Å². The molecule has 1 N–H and O–H groups in total. The third-order valence-electron chi connectivity index (χ3n) is 3.53. The van der Waals surface area contributed by atoms with Gasteiger partial charge in [0, 0.05) is 32.7 Å². The molecule has 0 radical (unpaired) electrons. The fourth-order valence-corrected chi connectivity index (χ4v) is 2.60. The molecule has 0 bridgehead atoms. The van der Waals surface area contributed by atoms with Crippen molar-refractivity contribution in [1.29, 1.82) is 0 Å². The highest BCUT2D eigenvalue weighted by Gasteiger charge is 2.17. The second kappa shape index (κ2) is 6.55. The number of piperazine rings is 1. The number of rotatable bonds is 4. The first-order valence-corrected chi connectivity index (χ1v) is 6.95. The van der Waals surface area contributed by atoms with E-state index in [1.165, 1.54) is 7.11 Å². The summed E-state index contributed by atoms with van der Waals surface area (Å²) < 4.78 is 19.3. The largest absolute Gasteiger partial charge is 0.492 e. The maximum Gasteiger partial charge on any atom is 0.173 e. The summed E-state index contributed by atoms with van der Waals surface area (Å²) in [7, 11) is 1.45. The molecule has 0 atom stereocenters. The van der Waals surface area contributed by atoms with Crippen LogP contribution in [0.25, 0.3) is 0 Å². The van der Waals surface area contributed by atoms with Crippen LogP contribution < -0.4 is 10.1 Å². The average Bonchev–Trinajstić information content (AvgIpc) is 2.43. The molecule has 0 aliphatic carbocycles. The van der Waals surface area contributed by atoms with Crippen LogP contribution in [0.4, 0.5) is 4.39 Å². The average molecular weight is 287 g/mol. The monoisotopic (exact) mass is 286 g/mol. The van der Waals surface area contributed by atoms with Crippen LogP contribution in [0.2, 0.25) is 5.02 Å². The quantitative estimate of drug-likeness (QED) is 0.919. The predicted octanol–water partition coefficient (Wildman–Crippen LogP) is 2.24. The number of aryl methyl sites for hydroxylation is 1. The molecule has 3 nitrogen and oxygen atoms in total. The van der Waals surface area contributed by atoms with Gasteiger partial charge in [-0.15, -0.1) is 0 Å². The fraction of sp³-hybridized carbons (Fsp3) is 0.571. The number of methoxy groups -OCH3 is 1. The van der Waals surface area contributed by atoms with Crippen molar-refractivity contribution in [3.63, 3.8) is 0 Å². The molecule has 0 aromatic heterocycles. The van der Waals surface area contributed by atoms with Crippen LogP contribution >= 0.6 is 11.6 Å². The molecule has 0 unspecified atom stereocenters. The van der Waals surface area contributed by atoms with Crippen molar-refractivity contribution in [1.82, 2.24) is 10.2 Å². The van der Waals surface area contributed by atoms with Gasteiger partial charge in [-0.1, -0.05) is 17.7 Å². The van der Waals surface area contributed by atoms with Crippen LogP contribution in [-0.2, 0) is 6.42 Å². The summed E-state index contributed by atoms with van der Waals surface area (Å²) in [4.78, 5) is 2.34. The highest BCUT2D eigenvalue weighted by Crippen LogP contribution is 2.33. The van der Waals surface area contributed by atoms with E-state index in [9.17, 15) is 4.39 Å². The Morgan fingerprint density at radius 3 is 2.74 bits per heavy atom. The summed E-state index contributed by atoms with van der Waals surface area (Å²) in [6.07, 6.45) is 0.681. The summed E-state index contributed by atoms with van der Waals surface area (Å²) in [5.41, 5.74) is 1.53. The van der Waals surface area contributed by atoms with E-state index >= 15 is 0 Å². The van der Waals surface area contributed by atoms with E-state index in [4.69, 9.17) is 16.3 Å². The molecular formula is C14H20ClFN2O. The molecule has 1 aromatic carbocycles. The summed E-state index contributed by atoms with van der Waals surface area (Å²) in [6, 6.07) is 1.82. The number of ether oxygens (including phenoxy) is 1. The molecule has 0 spiro atoms. The van der Waals surface area contributed by atoms with Crippen LogP contribution in [-0.4, -0.2) is 44.7 Å². The van der Waals surface area contributed by atoms with Crippen molar-refractivity contribution in [2.75, 3.05) is 39.8 Å². The Morgan fingerprint density at radius 2 is 2.11 bits per heavy atom. The van der Waals surface area contributed by atoms with Gasteiger partial charge in [-0.25, -0.2) is 4.39 Å². The van der Waals surface area contributed by atoms with Crippen molar-refractivity contribution in [2.45, 2.75) is 13.3 Å². The lowest BCUT2D eigenvalue weighted by molar-refractivity contribution is 0.243. The maximum absolute atomic E-state index is 14.2. The van der Waals surface area contributed by atoms with Gasteiger partial charge in [-0.2, -0.15) is 0 Å². The SMILES string of the molecule is COc1c(F)c(CCN2CCNCC2)cc(C)c1Cl. The second-order valence-electron chi connectivity index (χ2n) is 4.86. The first kappa shape index (κ1) is 14.6. The normalized spacial score (nSPS) is 16.6. The molecule has 0 saturated carbocycles. The summed E-state index contributed by atoms with van der Waals surface area (Å²) in [5.74, 6) is -0.162. The molecule has 2 rings (SSSR count). The molecular weight excluding hydrogens is 267 g/mol. The minimum absolute atomic E-state index is 0.164. The number of hydrogen-bond acceptors (Lipinski definition) is 3. The number of nitrogens with zero attached hydrogens (tertiary/aromatic N) is 1. The van der Waals surface area contributed by atoms with Gasteiger partial charge in [0.2, 0.25) is 0 Å². The zero-order valence-electron chi connectivity index (χ0n) is 11.4. The number of hydrogen-bond donors (Lipinski definition) is 1. The Balaban J connectivity index is 2.09. The summed E-state index contributed by atoms with van der Waals surface area (Å²) in [6.45, 7) is 6.79. The van der Waals surface area contributed by atoms with Crippen LogP contribution in [0, 0.1) is 12.7 Å². The molecule has 1 saturated heterocycles. The molecule has 106 valence electrons. The third-order valence-corrected chi connectivity index (χ3v) is 4.00. The molecule has 1 aliphatic heterocycles. The van der Waals surface area contributed by atoms with Gasteiger partial charge in [-0.05, 0) is 24.5 Å². The van der Waals surface area contributed by atoms with Gasteiger partial charge in [0.05, 0.1) is 12.1 Å². The highest BCUT2D eigenvalue weighted by atomic mass is 35.5. The molecule has 1 heterocycles. The minimum atomic E-state index is -0.326. The lowest BCUT2D eigenvalue weighted by Crippen LogP contribution is -2.44. The van der Waals surface area contributed by atoms with Gasteiger partial charge >= 0.3 is 0 Å². The molecule has 0 amide bonds. The number of halogens is 2. The Labute approximate surface area is 118 Å².